The van der Waals surface area contributed by atoms with E-state index >= 15 is 0 Å². The number of aromatic amines is 1. The zero-order chi connectivity index (χ0) is 14.9. The second kappa shape index (κ2) is 5.23. The number of pyridine rings is 1. The number of benzene rings is 1. The van der Waals surface area contributed by atoms with Crippen LogP contribution in [0.25, 0.3) is 10.9 Å². The highest BCUT2D eigenvalue weighted by Crippen LogP contribution is 2.35. The summed E-state index contributed by atoms with van der Waals surface area (Å²) in [4.78, 5) is 15.0. The standard InChI is InChI=1S/C16H14N2O4/c19-16-11(7-17-8-12-2-1-3-20-12)4-10-5-14-15(22-9-21-14)6-13(10)18-16/h1-6,17H,7-9H2,(H,18,19). The average Bonchev–Trinajstić information content (AvgIpc) is 3.16. The van der Waals surface area contributed by atoms with Crippen LogP contribution in [0.15, 0.2) is 45.8 Å². The molecule has 0 saturated heterocycles. The van der Waals surface area contributed by atoms with Crippen molar-refractivity contribution in [2.24, 2.45) is 0 Å². The molecule has 6 heteroatoms. The van der Waals surface area contributed by atoms with Gasteiger partial charge in [0, 0.05) is 23.6 Å². The molecule has 1 aliphatic rings. The molecule has 3 heterocycles. The minimum atomic E-state index is -0.113. The van der Waals surface area contributed by atoms with E-state index in [0.717, 1.165) is 16.7 Å². The van der Waals surface area contributed by atoms with Gasteiger partial charge in [-0.2, -0.15) is 0 Å². The van der Waals surface area contributed by atoms with Crippen LogP contribution in [0, 0.1) is 0 Å². The van der Waals surface area contributed by atoms with E-state index in [4.69, 9.17) is 13.9 Å². The summed E-state index contributed by atoms with van der Waals surface area (Å²) < 4.78 is 15.9. The van der Waals surface area contributed by atoms with Gasteiger partial charge in [-0.15, -0.1) is 0 Å². The molecule has 6 nitrogen and oxygen atoms in total. The maximum atomic E-state index is 12.1. The number of H-pyrrole nitrogens is 1. The molecule has 2 N–H and O–H groups in total. The summed E-state index contributed by atoms with van der Waals surface area (Å²) in [5.41, 5.74) is 1.29. The van der Waals surface area contributed by atoms with E-state index in [2.05, 4.69) is 10.3 Å². The molecule has 1 aliphatic heterocycles. The predicted molar refractivity (Wildman–Crippen MR) is 79.9 cm³/mol. The maximum absolute atomic E-state index is 12.1. The first-order chi connectivity index (χ1) is 10.8. The lowest BCUT2D eigenvalue weighted by molar-refractivity contribution is 0.174. The fraction of sp³-hybridized carbons (Fsp3) is 0.188. The predicted octanol–water partition coefficient (Wildman–Crippen LogP) is 2.14. The highest BCUT2D eigenvalue weighted by atomic mass is 16.7. The zero-order valence-corrected chi connectivity index (χ0v) is 11.7. The topological polar surface area (TPSA) is 76.5 Å². The van der Waals surface area contributed by atoms with Crippen molar-refractivity contribution in [3.63, 3.8) is 0 Å². The molecule has 0 spiro atoms. The Morgan fingerprint density at radius 3 is 2.82 bits per heavy atom. The van der Waals surface area contributed by atoms with Gasteiger partial charge in [-0.05, 0) is 24.3 Å². The van der Waals surface area contributed by atoms with Gasteiger partial charge in [-0.3, -0.25) is 4.79 Å². The number of aromatic nitrogens is 1. The molecule has 2 aromatic heterocycles. The second-order valence-corrected chi connectivity index (χ2v) is 5.10. The number of nitrogens with one attached hydrogen (secondary N) is 2. The Morgan fingerprint density at radius 1 is 1.14 bits per heavy atom. The fourth-order valence-corrected chi connectivity index (χ4v) is 2.51. The largest absolute Gasteiger partial charge is 0.468 e. The van der Waals surface area contributed by atoms with Gasteiger partial charge in [0.1, 0.15) is 5.76 Å². The summed E-state index contributed by atoms with van der Waals surface area (Å²) >= 11 is 0. The van der Waals surface area contributed by atoms with E-state index in [1.54, 1.807) is 12.3 Å². The lowest BCUT2D eigenvalue weighted by Gasteiger charge is -2.06. The second-order valence-electron chi connectivity index (χ2n) is 5.10. The third-order valence-electron chi connectivity index (χ3n) is 3.61. The fourth-order valence-electron chi connectivity index (χ4n) is 2.51. The molecular formula is C16H14N2O4. The van der Waals surface area contributed by atoms with Crippen LogP contribution in [-0.2, 0) is 13.1 Å². The van der Waals surface area contributed by atoms with E-state index in [1.165, 1.54) is 0 Å². The van der Waals surface area contributed by atoms with Crippen LogP contribution < -0.4 is 20.3 Å². The van der Waals surface area contributed by atoms with Gasteiger partial charge in [0.05, 0.1) is 18.3 Å². The molecule has 0 bridgehead atoms. The number of hydrogen-bond donors (Lipinski definition) is 2. The Kier molecular flexibility index (Phi) is 3.08. The first-order valence-corrected chi connectivity index (χ1v) is 6.98. The lowest BCUT2D eigenvalue weighted by Crippen LogP contribution is -2.20. The van der Waals surface area contributed by atoms with Crippen LogP contribution in [-0.4, -0.2) is 11.8 Å². The Balaban J connectivity index is 1.59. The van der Waals surface area contributed by atoms with Gasteiger partial charge in [-0.1, -0.05) is 0 Å². The molecule has 112 valence electrons. The summed E-state index contributed by atoms with van der Waals surface area (Å²) in [6, 6.07) is 9.26. The molecule has 4 rings (SSSR count). The molecule has 0 unspecified atom stereocenters. The molecule has 22 heavy (non-hydrogen) atoms. The summed E-state index contributed by atoms with van der Waals surface area (Å²) in [5.74, 6) is 2.20. The third kappa shape index (κ3) is 2.33. The van der Waals surface area contributed by atoms with E-state index < -0.39 is 0 Å². The van der Waals surface area contributed by atoms with E-state index in [1.807, 2.05) is 24.3 Å². The molecule has 0 atom stereocenters. The summed E-state index contributed by atoms with van der Waals surface area (Å²) in [6.45, 7) is 1.25. The highest BCUT2D eigenvalue weighted by Gasteiger charge is 2.15. The van der Waals surface area contributed by atoms with E-state index in [9.17, 15) is 4.79 Å². The summed E-state index contributed by atoms with van der Waals surface area (Å²) in [5, 5.41) is 4.11. The number of hydrogen-bond acceptors (Lipinski definition) is 5. The van der Waals surface area contributed by atoms with E-state index in [0.29, 0.717) is 30.2 Å². The van der Waals surface area contributed by atoms with Gasteiger partial charge in [0.25, 0.3) is 5.56 Å². The molecular weight excluding hydrogens is 284 g/mol. The molecule has 1 aromatic carbocycles. The SMILES string of the molecule is O=c1[nH]c2cc3c(cc2cc1CNCc1ccco1)OCO3. The van der Waals surface area contributed by atoms with Crippen molar-refractivity contribution in [2.45, 2.75) is 13.1 Å². The van der Waals surface area contributed by atoms with Gasteiger partial charge >= 0.3 is 0 Å². The first-order valence-electron chi connectivity index (χ1n) is 6.98. The van der Waals surface area contributed by atoms with Crippen molar-refractivity contribution in [3.8, 4) is 11.5 Å². The molecule has 0 radical (unpaired) electrons. The highest BCUT2D eigenvalue weighted by molar-refractivity contribution is 5.83. The van der Waals surface area contributed by atoms with Crippen LogP contribution in [0.4, 0.5) is 0 Å². The molecule has 0 amide bonds. The Morgan fingerprint density at radius 2 is 2.00 bits per heavy atom. The maximum Gasteiger partial charge on any atom is 0.252 e. The Bertz CT molecular complexity index is 868. The van der Waals surface area contributed by atoms with Gasteiger partial charge < -0.3 is 24.2 Å². The van der Waals surface area contributed by atoms with Crippen molar-refractivity contribution >= 4 is 10.9 Å². The van der Waals surface area contributed by atoms with Crippen LogP contribution in [0.1, 0.15) is 11.3 Å². The molecule has 3 aromatic rings. The van der Waals surface area contributed by atoms with Crippen LogP contribution in [0.5, 0.6) is 11.5 Å². The van der Waals surface area contributed by atoms with Gasteiger partial charge in [0.2, 0.25) is 6.79 Å². The number of furan rings is 1. The molecule has 0 aliphatic carbocycles. The normalized spacial score (nSPS) is 12.9. The third-order valence-corrected chi connectivity index (χ3v) is 3.61. The average molecular weight is 298 g/mol. The minimum absolute atomic E-state index is 0.113. The van der Waals surface area contributed by atoms with Crippen LogP contribution >= 0.6 is 0 Å². The lowest BCUT2D eigenvalue weighted by atomic mass is 10.1. The summed E-state index contributed by atoms with van der Waals surface area (Å²) in [7, 11) is 0. The zero-order valence-electron chi connectivity index (χ0n) is 11.7. The van der Waals surface area contributed by atoms with Crippen LogP contribution in [0.2, 0.25) is 0 Å². The van der Waals surface area contributed by atoms with Crippen molar-refractivity contribution in [3.05, 3.63) is 58.3 Å². The number of ether oxygens (including phenoxy) is 2. The smallest absolute Gasteiger partial charge is 0.252 e. The van der Waals surface area contributed by atoms with Crippen molar-refractivity contribution in [1.82, 2.24) is 10.3 Å². The van der Waals surface area contributed by atoms with E-state index in [-0.39, 0.29) is 12.4 Å². The number of rotatable bonds is 4. The first kappa shape index (κ1) is 13.0. The van der Waals surface area contributed by atoms with Gasteiger partial charge in [0.15, 0.2) is 11.5 Å². The van der Waals surface area contributed by atoms with Crippen molar-refractivity contribution in [1.29, 1.82) is 0 Å². The van der Waals surface area contributed by atoms with Crippen molar-refractivity contribution in [2.75, 3.05) is 6.79 Å². The molecule has 0 saturated carbocycles. The quantitative estimate of drug-likeness (QED) is 0.771. The van der Waals surface area contributed by atoms with Crippen LogP contribution in [0.3, 0.4) is 0 Å². The number of fused-ring (bicyclic) bond motifs is 2. The monoisotopic (exact) mass is 298 g/mol. The Hall–Kier alpha value is -2.73. The Labute approximate surface area is 125 Å². The van der Waals surface area contributed by atoms with Crippen molar-refractivity contribution < 1.29 is 13.9 Å². The summed E-state index contributed by atoms with van der Waals surface area (Å²) in [6.07, 6.45) is 1.63. The minimum Gasteiger partial charge on any atom is -0.468 e. The van der Waals surface area contributed by atoms with Gasteiger partial charge in [-0.25, -0.2) is 0 Å². The molecule has 0 fully saturated rings.